The number of aromatic nitrogens is 1. The average Bonchev–Trinajstić information content (AvgIpc) is 2.30. The molecule has 0 atom stereocenters. The summed E-state index contributed by atoms with van der Waals surface area (Å²) in [6.07, 6.45) is 1.38. The first-order valence-corrected chi connectivity index (χ1v) is 6.33. The van der Waals surface area contributed by atoms with Crippen molar-refractivity contribution >= 4 is 15.7 Å². The van der Waals surface area contributed by atoms with Gasteiger partial charge in [0, 0.05) is 11.9 Å². The number of hydrogen-bond donors (Lipinski definition) is 2. The molecule has 6 heteroatoms. The van der Waals surface area contributed by atoms with Crippen molar-refractivity contribution in [2.75, 3.05) is 4.72 Å². The summed E-state index contributed by atoms with van der Waals surface area (Å²) in [7, 11) is -3.84. The molecule has 0 aliphatic carbocycles. The Kier molecular flexibility index (Phi) is 2.97. The molecule has 0 amide bonds. The van der Waals surface area contributed by atoms with Gasteiger partial charge < -0.3 is 4.98 Å². The van der Waals surface area contributed by atoms with E-state index in [0.29, 0.717) is 5.69 Å². The summed E-state index contributed by atoms with van der Waals surface area (Å²) in [5.41, 5.74) is -0.230. The van der Waals surface area contributed by atoms with Crippen LogP contribution in [0.25, 0.3) is 0 Å². The second-order valence-corrected chi connectivity index (χ2v) is 4.99. The van der Waals surface area contributed by atoms with Crippen molar-refractivity contribution in [3.8, 4) is 0 Å². The fraction of sp³-hybridized carbons (Fsp3) is 0. The molecule has 17 heavy (non-hydrogen) atoms. The van der Waals surface area contributed by atoms with Crippen LogP contribution in [0, 0.1) is 0 Å². The minimum absolute atomic E-state index is 0.302. The molecule has 1 aromatic carbocycles. The lowest BCUT2D eigenvalue weighted by Crippen LogP contribution is -2.22. The quantitative estimate of drug-likeness (QED) is 0.858. The summed E-state index contributed by atoms with van der Waals surface area (Å²) in [4.78, 5) is 13.4. The average molecular weight is 250 g/mol. The monoisotopic (exact) mass is 250 g/mol. The number of H-pyrrole nitrogens is 1. The molecule has 0 saturated carbocycles. The van der Waals surface area contributed by atoms with Crippen molar-refractivity contribution in [1.82, 2.24) is 4.98 Å². The van der Waals surface area contributed by atoms with E-state index in [9.17, 15) is 13.2 Å². The molecular formula is C11H10N2O3S. The van der Waals surface area contributed by atoms with Gasteiger partial charge in [0.1, 0.15) is 0 Å². The van der Waals surface area contributed by atoms with Crippen LogP contribution in [0.15, 0.2) is 58.4 Å². The SMILES string of the molecule is O=c1[nH]cccc1S(=O)(=O)Nc1ccccc1. The van der Waals surface area contributed by atoms with Crippen molar-refractivity contribution in [3.63, 3.8) is 0 Å². The van der Waals surface area contributed by atoms with Crippen LogP contribution in [-0.2, 0) is 10.0 Å². The predicted octanol–water partition coefficient (Wildman–Crippen LogP) is 1.18. The number of pyridine rings is 1. The second-order valence-electron chi connectivity index (χ2n) is 3.34. The summed E-state index contributed by atoms with van der Waals surface area (Å²) in [5, 5.41) is 0. The van der Waals surface area contributed by atoms with Crippen LogP contribution in [0.2, 0.25) is 0 Å². The van der Waals surface area contributed by atoms with E-state index in [-0.39, 0.29) is 4.90 Å². The van der Waals surface area contributed by atoms with Crippen LogP contribution in [0.3, 0.4) is 0 Å². The first-order chi connectivity index (χ1) is 8.09. The van der Waals surface area contributed by atoms with E-state index in [1.165, 1.54) is 18.3 Å². The highest BCUT2D eigenvalue weighted by Gasteiger charge is 2.17. The number of benzene rings is 1. The van der Waals surface area contributed by atoms with Gasteiger partial charge in [0.2, 0.25) is 0 Å². The topological polar surface area (TPSA) is 79.0 Å². The Balaban J connectivity index is 2.39. The van der Waals surface area contributed by atoms with E-state index in [4.69, 9.17) is 0 Å². The molecular weight excluding hydrogens is 240 g/mol. The normalized spacial score (nSPS) is 11.1. The zero-order valence-corrected chi connectivity index (χ0v) is 9.57. The Labute approximate surface area is 98.2 Å². The molecule has 0 radical (unpaired) electrons. The molecule has 1 aromatic heterocycles. The minimum atomic E-state index is -3.84. The van der Waals surface area contributed by atoms with Crippen molar-refractivity contribution < 1.29 is 8.42 Å². The van der Waals surface area contributed by atoms with Crippen molar-refractivity contribution in [2.45, 2.75) is 4.90 Å². The van der Waals surface area contributed by atoms with E-state index in [2.05, 4.69) is 9.71 Å². The second kappa shape index (κ2) is 4.42. The molecule has 2 N–H and O–H groups in total. The summed E-state index contributed by atoms with van der Waals surface area (Å²) in [5.74, 6) is 0. The lowest BCUT2D eigenvalue weighted by Gasteiger charge is -2.06. The van der Waals surface area contributed by atoms with Crippen molar-refractivity contribution in [3.05, 3.63) is 59.0 Å². The number of aromatic amines is 1. The van der Waals surface area contributed by atoms with Crippen LogP contribution in [0.5, 0.6) is 0 Å². The van der Waals surface area contributed by atoms with Gasteiger partial charge in [-0.15, -0.1) is 0 Å². The maximum absolute atomic E-state index is 11.9. The highest BCUT2D eigenvalue weighted by atomic mass is 32.2. The minimum Gasteiger partial charge on any atom is -0.328 e. The van der Waals surface area contributed by atoms with Crippen LogP contribution in [0.1, 0.15) is 0 Å². The van der Waals surface area contributed by atoms with Gasteiger partial charge in [-0.1, -0.05) is 18.2 Å². The molecule has 2 aromatic rings. The molecule has 1 heterocycles. The van der Waals surface area contributed by atoms with Gasteiger partial charge >= 0.3 is 0 Å². The van der Waals surface area contributed by atoms with Crippen molar-refractivity contribution in [2.24, 2.45) is 0 Å². The Hall–Kier alpha value is -2.08. The molecule has 0 spiro atoms. The Bertz CT molecular complexity index is 662. The van der Waals surface area contributed by atoms with Crippen LogP contribution < -0.4 is 10.3 Å². The summed E-state index contributed by atoms with van der Waals surface area (Å²) >= 11 is 0. The predicted molar refractivity (Wildman–Crippen MR) is 64.3 cm³/mol. The lowest BCUT2D eigenvalue weighted by molar-refractivity contribution is 0.600. The first-order valence-electron chi connectivity index (χ1n) is 4.85. The number of nitrogens with one attached hydrogen (secondary N) is 2. The fourth-order valence-electron chi connectivity index (χ4n) is 1.33. The fourth-order valence-corrected chi connectivity index (χ4v) is 2.45. The summed E-state index contributed by atoms with van der Waals surface area (Å²) < 4.78 is 26.1. The highest BCUT2D eigenvalue weighted by molar-refractivity contribution is 7.92. The Morgan fingerprint density at radius 3 is 2.35 bits per heavy atom. The van der Waals surface area contributed by atoms with E-state index in [0.717, 1.165) is 0 Å². The van der Waals surface area contributed by atoms with Crippen molar-refractivity contribution in [1.29, 1.82) is 0 Å². The van der Waals surface area contributed by atoms with E-state index < -0.39 is 15.6 Å². The van der Waals surface area contributed by atoms with Gasteiger partial charge in [0.25, 0.3) is 15.6 Å². The van der Waals surface area contributed by atoms with E-state index in [1.807, 2.05) is 0 Å². The zero-order valence-electron chi connectivity index (χ0n) is 8.75. The molecule has 0 aliphatic heterocycles. The summed E-state index contributed by atoms with van der Waals surface area (Å²) in [6, 6.07) is 11.1. The maximum atomic E-state index is 11.9. The summed E-state index contributed by atoms with van der Waals surface area (Å²) in [6.45, 7) is 0. The van der Waals surface area contributed by atoms with Gasteiger partial charge in [-0.3, -0.25) is 9.52 Å². The number of sulfonamides is 1. The standard InChI is InChI=1S/C11H10N2O3S/c14-11-10(7-4-8-12-11)17(15,16)13-9-5-2-1-3-6-9/h1-8,13H,(H,12,14). The van der Waals surface area contributed by atoms with Crippen LogP contribution >= 0.6 is 0 Å². The molecule has 0 aliphatic rings. The van der Waals surface area contributed by atoms with Crippen LogP contribution in [0.4, 0.5) is 5.69 Å². The maximum Gasteiger partial charge on any atom is 0.268 e. The number of hydrogen-bond acceptors (Lipinski definition) is 3. The molecule has 88 valence electrons. The van der Waals surface area contributed by atoms with Crippen LogP contribution in [-0.4, -0.2) is 13.4 Å². The van der Waals surface area contributed by atoms with Gasteiger partial charge in [0.05, 0.1) is 0 Å². The molecule has 2 rings (SSSR count). The smallest absolute Gasteiger partial charge is 0.268 e. The zero-order chi connectivity index (χ0) is 12.3. The van der Waals surface area contributed by atoms with Gasteiger partial charge in [-0.2, -0.15) is 0 Å². The molecule has 0 bridgehead atoms. The molecule has 0 unspecified atom stereocenters. The third kappa shape index (κ3) is 2.54. The van der Waals surface area contributed by atoms with Gasteiger partial charge in [-0.25, -0.2) is 8.42 Å². The Morgan fingerprint density at radius 2 is 1.71 bits per heavy atom. The molecule has 5 nitrogen and oxygen atoms in total. The number of rotatable bonds is 3. The van der Waals surface area contributed by atoms with E-state index >= 15 is 0 Å². The lowest BCUT2D eigenvalue weighted by atomic mass is 10.3. The number of anilines is 1. The highest BCUT2D eigenvalue weighted by Crippen LogP contribution is 2.11. The molecule has 0 fully saturated rings. The Morgan fingerprint density at radius 1 is 1.00 bits per heavy atom. The molecule has 0 saturated heterocycles. The third-order valence-corrected chi connectivity index (χ3v) is 3.50. The largest absolute Gasteiger partial charge is 0.328 e. The number of para-hydroxylation sites is 1. The van der Waals surface area contributed by atoms with Gasteiger partial charge in [0.15, 0.2) is 4.90 Å². The van der Waals surface area contributed by atoms with E-state index in [1.54, 1.807) is 30.3 Å². The first kappa shape index (κ1) is 11.4. The third-order valence-electron chi connectivity index (χ3n) is 2.10. The van der Waals surface area contributed by atoms with Gasteiger partial charge in [-0.05, 0) is 24.3 Å².